The van der Waals surface area contributed by atoms with Crippen LogP contribution in [-0.2, 0) is 14.3 Å². The second-order valence-electron chi connectivity index (χ2n) is 3.84. The summed E-state index contributed by atoms with van der Waals surface area (Å²) in [6.45, 7) is 7.73. The average molecular weight is 261 g/mol. The number of thiocarbonyl (C=S) groups is 1. The molecule has 0 N–H and O–H groups in total. The van der Waals surface area contributed by atoms with Gasteiger partial charge in [0.15, 0.2) is 5.54 Å². The minimum absolute atomic E-state index is 0.107. The topological polar surface area (TPSA) is 47.9 Å². The summed E-state index contributed by atoms with van der Waals surface area (Å²) in [5, 5.41) is -0.107. The van der Waals surface area contributed by atoms with Crippen molar-refractivity contribution in [1.29, 1.82) is 0 Å². The summed E-state index contributed by atoms with van der Waals surface area (Å²) in [6.07, 6.45) is 0. The molecule has 4 nitrogen and oxygen atoms in total. The Balaban J connectivity index is 2.60. The maximum Gasteiger partial charge on any atom is 0.340 e. The summed E-state index contributed by atoms with van der Waals surface area (Å²) >= 11 is 6.32. The highest BCUT2D eigenvalue weighted by Crippen LogP contribution is 2.25. The minimum Gasteiger partial charge on any atom is -0.479 e. The van der Waals surface area contributed by atoms with E-state index in [2.05, 4.69) is 4.99 Å². The summed E-state index contributed by atoms with van der Waals surface area (Å²) in [5.74, 6) is 0.0966. The Bertz CT molecular complexity index is 339. The second-order valence-corrected chi connectivity index (χ2v) is 5.78. The van der Waals surface area contributed by atoms with Crippen molar-refractivity contribution in [3.8, 4) is 0 Å². The number of carbonyl (C=O) groups is 1. The molecule has 90 valence electrons. The van der Waals surface area contributed by atoms with Gasteiger partial charge in [-0.3, -0.25) is 0 Å². The first-order chi connectivity index (χ1) is 7.36. The van der Waals surface area contributed by atoms with Crippen LogP contribution in [0.2, 0.25) is 0 Å². The predicted molar refractivity (Wildman–Crippen MR) is 68.9 cm³/mol. The van der Waals surface area contributed by atoms with Gasteiger partial charge in [-0.1, -0.05) is 11.8 Å². The molecule has 16 heavy (non-hydrogen) atoms. The molecule has 1 unspecified atom stereocenters. The van der Waals surface area contributed by atoms with Gasteiger partial charge in [0.2, 0.25) is 10.3 Å². The van der Waals surface area contributed by atoms with Gasteiger partial charge in [-0.05, 0) is 39.9 Å². The maximum atomic E-state index is 11.4. The van der Waals surface area contributed by atoms with Crippen LogP contribution in [0.3, 0.4) is 0 Å². The summed E-state index contributed by atoms with van der Waals surface area (Å²) in [5.41, 5.74) is -0.780. The molecule has 0 amide bonds. The zero-order valence-electron chi connectivity index (χ0n) is 9.77. The van der Waals surface area contributed by atoms with Crippen LogP contribution in [-0.4, -0.2) is 33.6 Å². The Morgan fingerprint density at radius 3 is 2.75 bits per heavy atom. The minimum atomic E-state index is -0.780. The molecular formula is C10H15NO3S2. The van der Waals surface area contributed by atoms with Crippen LogP contribution in [0.25, 0.3) is 0 Å². The Kier molecular flexibility index (Phi) is 4.32. The number of nitrogens with zero attached hydrogens (tertiary/aromatic N) is 1. The van der Waals surface area contributed by atoms with Crippen molar-refractivity contribution < 1.29 is 14.3 Å². The van der Waals surface area contributed by atoms with Gasteiger partial charge in [-0.25, -0.2) is 9.79 Å². The van der Waals surface area contributed by atoms with E-state index in [-0.39, 0.29) is 11.2 Å². The van der Waals surface area contributed by atoms with Gasteiger partial charge in [0.1, 0.15) is 0 Å². The van der Waals surface area contributed by atoms with Crippen LogP contribution in [0, 0.1) is 0 Å². The summed E-state index contributed by atoms with van der Waals surface area (Å²) < 4.78 is 10.7. The molecule has 1 atom stereocenters. The van der Waals surface area contributed by atoms with Gasteiger partial charge in [0.25, 0.3) is 0 Å². The summed E-state index contributed by atoms with van der Waals surface area (Å²) in [7, 11) is 0. The van der Waals surface area contributed by atoms with Crippen molar-refractivity contribution in [2.24, 2.45) is 4.99 Å². The number of carbonyl (C=O) groups excluding carboxylic acids is 1. The van der Waals surface area contributed by atoms with E-state index in [0.717, 1.165) is 0 Å². The summed E-state index contributed by atoms with van der Waals surface area (Å²) in [4.78, 5) is 15.6. The normalized spacial score (nSPS) is 20.0. The first-order valence-corrected chi connectivity index (χ1v) is 6.31. The van der Waals surface area contributed by atoms with Gasteiger partial charge in [-0.15, -0.1) is 0 Å². The van der Waals surface area contributed by atoms with E-state index in [1.54, 1.807) is 13.8 Å². The van der Waals surface area contributed by atoms with Crippen LogP contribution < -0.4 is 0 Å². The van der Waals surface area contributed by atoms with Gasteiger partial charge in [0, 0.05) is 0 Å². The van der Waals surface area contributed by atoms with Crippen molar-refractivity contribution in [3.05, 3.63) is 0 Å². The first-order valence-electron chi connectivity index (χ1n) is 5.02. The Morgan fingerprint density at radius 2 is 2.31 bits per heavy atom. The average Bonchev–Trinajstić information content (AvgIpc) is 2.42. The molecule has 0 aromatic carbocycles. The molecule has 1 heterocycles. The molecule has 1 aliphatic rings. The molecule has 0 aliphatic carbocycles. The standard InChI is InChI=1S/C10H15NO3S2/c1-5-13-9(15)16-6(2)7-11-10(3,4)8(12)14-7/h6H,5H2,1-4H3. The van der Waals surface area contributed by atoms with Crippen molar-refractivity contribution in [2.45, 2.75) is 38.5 Å². The zero-order chi connectivity index (χ0) is 12.3. The zero-order valence-corrected chi connectivity index (χ0v) is 11.4. The Labute approximate surface area is 105 Å². The number of ether oxygens (including phenoxy) is 2. The second kappa shape index (κ2) is 5.14. The lowest BCUT2D eigenvalue weighted by molar-refractivity contribution is -0.137. The number of hydrogen-bond acceptors (Lipinski definition) is 6. The monoisotopic (exact) mass is 261 g/mol. The van der Waals surface area contributed by atoms with Crippen LogP contribution in [0.5, 0.6) is 0 Å². The van der Waals surface area contributed by atoms with E-state index in [1.807, 2.05) is 13.8 Å². The quantitative estimate of drug-likeness (QED) is 0.575. The number of hydrogen-bond donors (Lipinski definition) is 0. The molecule has 0 saturated carbocycles. The van der Waals surface area contributed by atoms with E-state index in [1.165, 1.54) is 11.8 Å². The van der Waals surface area contributed by atoms with E-state index in [4.69, 9.17) is 21.7 Å². The number of thioether (sulfide) groups is 1. The molecule has 0 saturated heterocycles. The third-order valence-corrected chi connectivity index (χ3v) is 3.24. The molecule has 0 bridgehead atoms. The van der Waals surface area contributed by atoms with E-state index >= 15 is 0 Å². The number of esters is 1. The smallest absolute Gasteiger partial charge is 0.340 e. The molecule has 0 radical (unpaired) electrons. The van der Waals surface area contributed by atoms with Gasteiger partial charge in [0.05, 0.1) is 11.9 Å². The van der Waals surface area contributed by atoms with Crippen LogP contribution in [0.1, 0.15) is 27.7 Å². The lowest BCUT2D eigenvalue weighted by atomic mass is 10.1. The third kappa shape index (κ3) is 3.18. The van der Waals surface area contributed by atoms with Gasteiger partial charge in [-0.2, -0.15) is 0 Å². The number of aliphatic imine (C=N–C) groups is 1. The highest BCUT2D eigenvalue weighted by atomic mass is 32.2. The fourth-order valence-electron chi connectivity index (χ4n) is 1.08. The highest BCUT2D eigenvalue weighted by molar-refractivity contribution is 8.23. The molecule has 0 aromatic rings. The molecule has 6 heteroatoms. The van der Waals surface area contributed by atoms with E-state index in [9.17, 15) is 4.79 Å². The maximum absolute atomic E-state index is 11.4. The molecule has 0 aromatic heterocycles. The molecular weight excluding hydrogens is 246 g/mol. The number of rotatable bonds is 3. The largest absolute Gasteiger partial charge is 0.479 e. The van der Waals surface area contributed by atoms with E-state index in [0.29, 0.717) is 16.9 Å². The fourth-order valence-corrected chi connectivity index (χ4v) is 2.31. The lowest BCUT2D eigenvalue weighted by Gasteiger charge is -2.10. The number of cyclic esters (lactones) is 1. The Morgan fingerprint density at radius 1 is 1.69 bits per heavy atom. The molecule has 1 aliphatic heterocycles. The Hall–Kier alpha value is -0.620. The molecule has 1 rings (SSSR count). The SMILES string of the molecule is CCOC(=S)SC(C)C1=NC(C)(C)C(=O)O1. The van der Waals surface area contributed by atoms with Crippen LogP contribution >= 0.6 is 24.0 Å². The van der Waals surface area contributed by atoms with E-state index < -0.39 is 5.54 Å². The van der Waals surface area contributed by atoms with Crippen molar-refractivity contribution in [2.75, 3.05) is 6.61 Å². The summed E-state index contributed by atoms with van der Waals surface area (Å²) in [6, 6.07) is 0. The van der Waals surface area contributed by atoms with Crippen molar-refractivity contribution in [1.82, 2.24) is 0 Å². The lowest BCUT2D eigenvalue weighted by Crippen LogP contribution is -2.25. The predicted octanol–water partition coefficient (Wildman–Crippen LogP) is 2.16. The van der Waals surface area contributed by atoms with Gasteiger partial charge >= 0.3 is 5.97 Å². The van der Waals surface area contributed by atoms with Crippen molar-refractivity contribution in [3.63, 3.8) is 0 Å². The fraction of sp³-hybridized carbons (Fsp3) is 0.700. The van der Waals surface area contributed by atoms with Crippen LogP contribution in [0.4, 0.5) is 0 Å². The molecule has 0 fully saturated rings. The molecule has 0 spiro atoms. The van der Waals surface area contributed by atoms with Crippen molar-refractivity contribution >= 4 is 40.2 Å². The first kappa shape index (κ1) is 13.4. The highest BCUT2D eigenvalue weighted by Gasteiger charge is 2.39. The van der Waals surface area contributed by atoms with Gasteiger partial charge < -0.3 is 9.47 Å². The third-order valence-electron chi connectivity index (χ3n) is 1.97. The van der Waals surface area contributed by atoms with Crippen LogP contribution in [0.15, 0.2) is 4.99 Å².